The van der Waals surface area contributed by atoms with Gasteiger partial charge in [0.05, 0.1) is 0 Å². The third kappa shape index (κ3) is 8.46. The normalized spacial score (nSPS) is 13.4. The number of rotatable bonds is 6. The Hall–Kier alpha value is -3.49. The second-order valence-corrected chi connectivity index (χ2v) is 9.66. The van der Waals surface area contributed by atoms with Gasteiger partial charge in [-0.05, 0) is 76.9 Å². The molecule has 0 radical (unpaired) electrons. The number of carbonyl (C=O) groups is 3. The summed E-state index contributed by atoms with van der Waals surface area (Å²) in [4.78, 5) is 38.7. The zero-order chi connectivity index (χ0) is 25.7. The first-order valence-electron chi connectivity index (χ1n) is 10.7. The van der Waals surface area contributed by atoms with Gasteiger partial charge in [0, 0.05) is 0 Å². The first-order chi connectivity index (χ1) is 15.6. The first-order valence-corrected chi connectivity index (χ1v) is 10.7. The quantitative estimate of drug-likeness (QED) is 0.585. The summed E-state index contributed by atoms with van der Waals surface area (Å²) in [6.45, 7) is 9.96. The van der Waals surface area contributed by atoms with E-state index in [4.69, 9.17) is 9.47 Å². The van der Waals surface area contributed by atoms with Crippen LogP contribution < -0.4 is 10.6 Å². The molecule has 0 saturated heterocycles. The van der Waals surface area contributed by atoms with Gasteiger partial charge in [-0.1, -0.05) is 24.3 Å². The van der Waals surface area contributed by atoms with Crippen molar-refractivity contribution in [3.63, 3.8) is 0 Å². The van der Waals surface area contributed by atoms with Gasteiger partial charge in [-0.15, -0.1) is 0 Å². The van der Waals surface area contributed by atoms with E-state index in [-0.39, 0.29) is 11.1 Å². The lowest BCUT2D eigenvalue weighted by Gasteiger charge is -2.28. The molecule has 7 nitrogen and oxygen atoms in total. The van der Waals surface area contributed by atoms with Gasteiger partial charge in [0.15, 0.2) is 5.78 Å². The van der Waals surface area contributed by atoms with Crippen molar-refractivity contribution in [3.8, 4) is 0 Å². The van der Waals surface area contributed by atoms with Crippen LogP contribution in [-0.2, 0) is 14.3 Å². The molecule has 0 saturated carbocycles. The van der Waals surface area contributed by atoms with Crippen LogP contribution in [0.15, 0.2) is 48.5 Å². The average Bonchev–Trinajstić information content (AvgIpc) is 2.69. The molecule has 2 rings (SSSR count). The minimum absolute atomic E-state index is 0.260. The van der Waals surface area contributed by atoms with Gasteiger partial charge in [0.25, 0.3) is 0 Å². The van der Waals surface area contributed by atoms with E-state index in [1.165, 1.54) is 24.3 Å². The van der Waals surface area contributed by atoms with Crippen molar-refractivity contribution in [2.45, 2.75) is 64.8 Å². The van der Waals surface area contributed by atoms with Gasteiger partial charge in [-0.3, -0.25) is 4.79 Å². The Morgan fingerprint density at radius 2 is 0.941 bits per heavy atom. The molecule has 2 N–H and O–H groups in total. The summed E-state index contributed by atoms with van der Waals surface area (Å²) < 4.78 is 37.6. The van der Waals surface area contributed by atoms with Crippen molar-refractivity contribution >= 4 is 18.0 Å². The molecule has 2 aromatic rings. The van der Waals surface area contributed by atoms with Gasteiger partial charge in [0.2, 0.25) is 0 Å². The number of hydrogen-bond donors (Lipinski definition) is 2. The van der Waals surface area contributed by atoms with E-state index >= 15 is 0 Å². The number of carbonyl (C=O) groups excluding carboxylic acids is 3. The number of ketones is 1. The third-order valence-corrected chi connectivity index (χ3v) is 4.30. The smallest absolute Gasteiger partial charge is 0.408 e. The third-order valence-electron chi connectivity index (χ3n) is 4.30. The van der Waals surface area contributed by atoms with Gasteiger partial charge in [-0.2, -0.15) is 0 Å². The number of alkyl carbamates (subject to hydrolysis) is 2. The highest BCUT2D eigenvalue weighted by molar-refractivity contribution is 5.95. The van der Waals surface area contributed by atoms with Crippen LogP contribution in [-0.4, -0.2) is 29.2 Å². The first kappa shape index (κ1) is 26.8. The molecule has 2 aromatic carbocycles. The highest BCUT2D eigenvalue weighted by Gasteiger charge is 2.34. The van der Waals surface area contributed by atoms with E-state index in [2.05, 4.69) is 10.6 Å². The second kappa shape index (κ2) is 10.6. The van der Waals surface area contributed by atoms with Crippen LogP contribution in [0.5, 0.6) is 0 Å². The minimum Gasteiger partial charge on any atom is -0.444 e. The van der Waals surface area contributed by atoms with Crippen molar-refractivity contribution in [1.29, 1.82) is 0 Å². The number of ether oxygens (including phenoxy) is 2. The Kier molecular flexibility index (Phi) is 8.36. The molecule has 0 spiro atoms. The standard InChI is InChI=1S/C25H30F2N2O5/c1-24(2,3)33-22(31)28-19(15-7-11-17(26)12-8-15)21(30)20(16-9-13-18(27)14-10-16)29-23(32)34-25(4,5)6/h7-14,19-20H,1-6H3,(H,28,31)(H,29,32)/t19-,20?/m1/s1. The molecule has 9 heteroatoms. The molecule has 0 aliphatic rings. The highest BCUT2D eigenvalue weighted by Crippen LogP contribution is 2.25. The predicted octanol–water partition coefficient (Wildman–Crippen LogP) is 5.37. The number of hydrogen-bond acceptors (Lipinski definition) is 5. The van der Waals surface area contributed by atoms with Crippen molar-refractivity contribution in [2.24, 2.45) is 0 Å². The molecule has 1 unspecified atom stereocenters. The summed E-state index contributed by atoms with van der Waals surface area (Å²) in [6.07, 6.45) is -1.77. The summed E-state index contributed by atoms with van der Waals surface area (Å²) in [5.41, 5.74) is -1.16. The molecule has 184 valence electrons. The van der Waals surface area contributed by atoms with E-state index in [1.54, 1.807) is 41.5 Å². The summed E-state index contributed by atoms with van der Waals surface area (Å²) in [5.74, 6) is -1.74. The Labute approximate surface area is 197 Å². The number of halogens is 2. The zero-order valence-corrected chi connectivity index (χ0v) is 20.1. The maximum atomic E-state index is 13.7. The second-order valence-electron chi connectivity index (χ2n) is 9.66. The zero-order valence-electron chi connectivity index (χ0n) is 20.1. The lowest BCUT2D eigenvalue weighted by atomic mass is 9.93. The molecule has 0 bridgehead atoms. The lowest BCUT2D eigenvalue weighted by molar-refractivity contribution is -0.123. The molecular weight excluding hydrogens is 446 g/mol. The fraction of sp³-hybridized carbons (Fsp3) is 0.400. The van der Waals surface area contributed by atoms with Gasteiger partial charge >= 0.3 is 12.2 Å². The van der Waals surface area contributed by atoms with Gasteiger partial charge in [0.1, 0.15) is 34.9 Å². The highest BCUT2D eigenvalue weighted by atomic mass is 19.1. The molecule has 0 aliphatic carbocycles. The Morgan fingerprint density at radius 3 is 1.21 bits per heavy atom. The number of nitrogens with one attached hydrogen (secondary N) is 2. The number of Topliss-reactive ketones (excluding diaryl/α,β-unsaturated/α-hetero) is 1. The van der Waals surface area contributed by atoms with E-state index in [1.807, 2.05) is 0 Å². The number of benzene rings is 2. The lowest BCUT2D eigenvalue weighted by Crippen LogP contribution is -2.44. The van der Waals surface area contributed by atoms with Crippen LogP contribution in [0.25, 0.3) is 0 Å². The van der Waals surface area contributed by atoms with Crippen molar-refractivity contribution in [2.75, 3.05) is 0 Å². The molecule has 34 heavy (non-hydrogen) atoms. The molecule has 0 fully saturated rings. The van der Waals surface area contributed by atoms with Crippen LogP contribution in [0, 0.1) is 11.6 Å². The van der Waals surface area contributed by atoms with Crippen molar-refractivity contribution in [3.05, 3.63) is 71.3 Å². The van der Waals surface area contributed by atoms with Gasteiger partial charge in [-0.25, -0.2) is 18.4 Å². The fourth-order valence-corrected chi connectivity index (χ4v) is 2.97. The van der Waals surface area contributed by atoms with Crippen LogP contribution >= 0.6 is 0 Å². The summed E-state index contributed by atoms with van der Waals surface area (Å²) in [6, 6.07) is 7.27. The average molecular weight is 477 g/mol. The molecule has 0 heterocycles. The summed E-state index contributed by atoms with van der Waals surface area (Å²) >= 11 is 0. The van der Waals surface area contributed by atoms with Gasteiger partial charge < -0.3 is 20.1 Å². The summed E-state index contributed by atoms with van der Waals surface area (Å²) in [7, 11) is 0. The predicted molar refractivity (Wildman–Crippen MR) is 122 cm³/mol. The summed E-state index contributed by atoms with van der Waals surface area (Å²) in [5, 5.41) is 4.99. The fourth-order valence-electron chi connectivity index (χ4n) is 2.97. The Bertz CT molecular complexity index is 928. The van der Waals surface area contributed by atoms with Crippen molar-refractivity contribution < 1.29 is 32.6 Å². The van der Waals surface area contributed by atoms with Crippen molar-refractivity contribution in [1.82, 2.24) is 10.6 Å². The van der Waals surface area contributed by atoms with Crippen LogP contribution in [0.4, 0.5) is 18.4 Å². The maximum absolute atomic E-state index is 13.7. The monoisotopic (exact) mass is 476 g/mol. The number of amides is 2. The van der Waals surface area contributed by atoms with E-state index < -0.39 is 52.9 Å². The molecule has 2 amide bonds. The van der Waals surface area contributed by atoms with E-state index in [0.29, 0.717) is 0 Å². The van der Waals surface area contributed by atoms with Crippen LogP contribution in [0.3, 0.4) is 0 Å². The Morgan fingerprint density at radius 1 is 0.647 bits per heavy atom. The Balaban J connectivity index is 2.46. The van der Waals surface area contributed by atoms with Crippen LogP contribution in [0.1, 0.15) is 64.8 Å². The largest absolute Gasteiger partial charge is 0.444 e. The molecule has 2 atom stereocenters. The molecule has 0 aromatic heterocycles. The molecular formula is C25H30F2N2O5. The maximum Gasteiger partial charge on any atom is 0.408 e. The van der Waals surface area contributed by atoms with E-state index in [0.717, 1.165) is 24.3 Å². The SMILES string of the molecule is CC(C)(C)OC(=O)NC(C(=O)[C@H](NC(=O)OC(C)(C)C)c1ccc(F)cc1)c1ccc(F)cc1. The minimum atomic E-state index is -1.32. The topological polar surface area (TPSA) is 93.7 Å². The molecule has 0 aliphatic heterocycles. The van der Waals surface area contributed by atoms with Crippen LogP contribution in [0.2, 0.25) is 0 Å². The van der Waals surface area contributed by atoms with E-state index in [9.17, 15) is 23.2 Å².